The summed E-state index contributed by atoms with van der Waals surface area (Å²) in [6.45, 7) is 1.86. The van der Waals surface area contributed by atoms with Gasteiger partial charge in [-0.3, -0.25) is 4.98 Å². The number of hydrogen-bond donors (Lipinski definition) is 1. The molecule has 0 amide bonds. The third-order valence-corrected chi connectivity index (χ3v) is 4.35. The highest BCUT2D eigenvalue weighted by Crippen LogP contribution is 2.23. The molecule has 0 spiro atoms. The van der Waals surface area contributed by atoms with E-state index in [4.69, 9.17) is 4.74 Å². The van der Waals surface area contributed by atoms with Crippen LogP contribution in [0.15, 0.2) is 73.1 Å². The molecule has 0 unspecified atom stereocenters. The van der Waals surface area contributed by atoms with E-state index in [0.29, 0.717) is 12.2 Å². The van der Waals surface area contributed by atoms with Gasteiger partial charge in [-0.15, -0.1) is 0 Å². The quantitative estimate of drug-likeness (QED) is 0.674. The lowest BCUT2D eigenvalue weighted by Gasteiger charge is -2.20. The van der Waals surface area contributed by atoms with Crippen LogP contribution in [-0.2, 0) is 6.42 Å². The summed E-state index contributed by atoms with van der Waals surface area (Å²) in [4.78, 5) is 4.08. The fraction of sp³-hybridized carbons (Fsp3) is 0.227. The molecule has 0 aliphatic heterocycles. The first-order valence-electron chi connectivity index (χ1n) is 8.71. The minimum atomic E-state index is -0.563. The number of aryl methyl sites for hydroxylation is 1. The molecule has 1 heterocycles. The third kappa shape index (κ3) is 4.90. The molecule has 0 bridgehead atoms. The topological polar surface area (TPSA) is 42.4 Å². The number of hydrogen-bond acceptors (Lipinski definition) is 3. The van der Waals surface area contributed by atoms with Gasteiger partial charge in [0.15, 0.2) is 0 Å². The van der Waals surface area contributed by atoms with Gasteiger partial charge in [-0.25, -0.2) is 4.39 Å². The minimum Gasteiger partial charge on any atom is -0.488 e. The average Bonchev–Trinajstić information content (AvgIpc) is 2.68. The van der Waals surface area contributed by atoms with Crippen molar-refractivity contribution in [3.05, 3.63) is 84.4 Å². The van der Waals surface area contributed by atoms with Gasteiger partial charge in [-0.1, -0.05) is 30.3 Å². The van der Waals surface area contributed by atoms with Crippen LogP contribution in [0.4, 0.5) is 4.39 Å². The second-order valence-electron chi connectivity index (χ2n) is 6.32. The Labute approximate surface area is 153 Å². The normalized spacial score (nSPS) is 13.2. The molecule has 0 saturated heterocycles. The first-order valence-corrected chi connectivity index (χ1v) is 8.71. The van der Waals surface area contributed by atoms with Gasteiger partial charge in [0, 0.05) is 12.4 Å². The second-order valence-corrected chi connectivity index (χ2v) is 6.32. The monoisotopic (exact) mass is 351 g/mol. The molecule has 0 saturated carbocycles. The van der Waals surface area contributed by atoms with E-state index in [1.54, 1.807) is 18.3 Å². The lowest BCUT2D eigenvalue weighted by atomic mass is 10.0. The van der Waals surface area contributed by atoms with Crippen LogP contribution in [0.2, 0.25) is 0 Å². The predicted molar refractivity (Wildman–Crippen MR) is 100 cm³/mol. The zero-order valence-electron chi connectivity index (χ0n) is 14.7. The molecule has 4 heteroatoms. The van der Waals surface area contributed by atoms with Gasteiger partial charge in [0.2, 0.25) is 0 Å². The fourth-order valence-corrected chi connectivity index (χ4v) is 2.76. The summed E-state index contributed by atoms with van der Waals surface area (Å²) in [6.07, 6.45) is 4.04. The molecule has 2 aromatic carbocycles. The van der Waals surface area contributed by atoms with Crippen LogP contribution in [0.1, 0.15) is 18.9 Å². The van der Waals surface area contributed by atoms with Crippen molar-refractivity contribution in [3.8, 4) is 16.9 Å². The zero-order chi connectivity index (χ0) is 18.4. The molecule has 3 nitrogen and oxygen atoms in total. The molecular weight excluding hydrogens is 329 g/mol. The number of aliphatic hydroxyl groups is 1. The Hall–Kier alpha value is -2.72. The van der Waals surface area contributed by atoms with Crippen molar-refractivity contribution < 1.29 is 14.2 Å². The van der Waals surface area contributed by atoms with E-state index in [1.807, 2.05) is 49.5 Å². The van der Waals surface area contributed by atoms with E-state index in [0.717, 1.165) is 23.1 Å². The molecule has 1 N–H and O–H groups in total. The Kier molecular flexibility index (Phi) is 5.97. The lowest BCUT2D eigenvalue weighted by Crippen LogP contribution is -2.29. The Morgan fingerprint density at radius 1 is 1.00 bits per heavy atom. The van der Waals surface area contributed by atoms with Gasteiger partial charge < -0.3 is 9.84 Å². The SMILES string of the molecule is C[C@@H](Oc1ccc(-c2ccc(F)cc2)cc1)[C@@H](O)CCc1cccnc1. The van der Waals surface area contributed by atoms with Crippen molar-refractivity contribution in [1.29, 1.82) is 0 Å². The highest BCUT2D eigenvalue weighted by molar-refractivity contribution is 5.63. The Bertz CT molecular complexity index is 804. The van der Waals surface area contributed by atoms with Gasteiger partial charge in [0.05, 0.1) is 6.10 Å². The maximum absolute atomic E-state index is 13.0. The number of rotatable bonds is 7. The molecule has 0 aliphatic carbocycles. The zero-order valence-corrected chi connectivity index (χ0v) is 14.7. The van der Waals surface area contributed by atoms with Crippen molar-refractivity contribution in [3.63, 3.8) is 0 Å². The lowest BCUT2D eigenvalue weighted by molar-refractivity contribution is 0.0420. The molecule has 3 rings (SSSR count). The van der Waals surface area contributed by atoms with Gasteiger partial charge in [-0.05, 0) is 66.8 Å². The smallest absolute Gasteiger partial charge is 0.123 e. The third-order valence-electron chi connectivity index (χ3n) is 4.35. The molecule has 1 aromatic heterocycles. The number of halogens is 1. The van der Waals surface area contributed by atoms with Gasteiger partial charge >= 0.3 is 0 Å². The van der Waals surface area contributed by atoms with Crippen LogP contribution >= 0.6 is 0 Å². The summed E-state index contributed by atoms with van der Waals surface area (Å²) in [6, 6.07) is 17.9. The van der Waals surface area contributed by atoms with Crippen LogP contribution in [0.3, 0.4) is 0 Å². The van der Waals surface area contributed by atoms with E-state index in [1.165, 1.54) is 12.1 Å². The molecule has 26 heavy (non-hydrogen) atoms. The first-order chi connectivity index (χ1) is 12.6. The summed E-state index contributed by atoms with van der Waals surface area (Å²) in [5, 5.41) is 10.3. The molecule has 134 valence electrons. The summed E-state index contributed by atoms with van der Waals surface area (Å²) >= 11 is 0. The molecule has 0 radical (unpaired) electrons. The average molecular weight is 351 g/mol. The second kappa shape index (κ2) is 8.59. The number of aliphatic hydroxyl groups excluding tert-OH is 1. The van der Waals surface area contributed by atoms with Crippen molar-refractivity contribution in [2.75, 3.05) is 0 Å². The Morgan fingerprint density at radius 2 is 1.65 bits per heavy atom. The van der Waals surface area contributed by atoms with E-state index < -0.39 is 6.10 Å². The van der Waals surface area contributed by atoms with E-state index >= 15 is 0 Å². The molecule has 0 fully saturated rings. The molecule has 0 aliphatic rings. The molecule has 2 atom stereocenters. The van der Waals surface area contributed by atoms with Gasteiger partial charge in [0.25, 0.3) is 0 Å². The highest BCUT2D eigenvalue weighted by Gasteiger charge is 2.16. The Balaban J connectivity index is 1.55. The van der Waals surface area contributed by atoms with Crippen molar-refractivity contribution in [2.24, 2.45) is 0 Å². The summed E-state index contributed by atoms with van der Waals surface area (Å²) in [7, 11) is 0. The molecule has 3 aromatic rings. The summed E-state index contributed by atoms with van der Waals surface area (Å²) in [5.41, 5.74) is 3.03. The van der Waals surface area contributed by atoms with E-state index in [-0.39, 0.29) is 11.9 Å². The summed E-state index contributed by atoms with van der Waals surface area (Å²) < 4.78 is 18.9. The number of benzene rings is 2. The summed E-state index contributed by atoms with van der Waals surface area (Å²) in [5.74, 6) is 0.451. The number of aromatic nitrogens is 1. The standard InChI is InChI=1S/C22H22FNO2/c1-16(22(25)13-4-17-3-2-14-24-15-17)26-21-11-7-19(8-12-21)18-5-9-20(23)10-6-18/h2-3,5-12,14-16,22,25H,4,13H2,1H3/t16-,22+/m1/s1. The predicted octanol–water partition coefficient (Wildman–Crippen LogP) is 4.65. The van der Waals surface area contributed by atoms with Gasteiger partial charge in [-0.2, -0.15) is 0 Å². The fourth-order valence-electron chi connectivity index (χ4n) is 2.76. The highest BCUT2D eigenvalue weighted by atomic mass is 19.1. The largest absolute Gasteiger partial charge is 0.488 e. The van der Waals surface area contributed by atoms with E-state index in [2.05, 4.69) is 4.98 Å². The van der Waals surface area contributed by atoms with Crippen LogP contribution in [-0.4, -0.2) is 22.3 Å². The minimum absolute atomic E-state index is 0.247. The van der Waals surface area contributed by atoms with Crippen LogP contribution in [0, 0.1) is 5.82 Å². The first kappa shape index (κ1) is 18.1. The number of nitrogens with zero attached hydrogens (tertiary/aromatic N) is 1. The Morgan fingerprint density at radius 3 is 2.27 bits per heavy atom. The molecular formula is C22H22FNO2. The van der Waals surface area contributed by atoms with Crippen molar-refractivity contribution >= 4 is 0 Å². The van der Waals surface area contributed by atoms with Gasteiger partial charge in [0.1, 0.15) is 17.7 Å². The number of pyridine rings is 1. The number of ether oxygens (including phenoxy) is 1. The van der Waals surface area contributed by atoms with E-state index in [9.17, 15) is 9.50 Å². The van der Waals surface area contributed by atoms with Crippen LogP contribution in [0.5, 0.6) is 5.75 Å². The van der Waals surface area contributed by atoms with Crippen molar-refractivity contribution in [1.82, 2.24) is 4.98 Å². The van der Waals surface area contributed by atoms with Crippen LogP contribution < -0.4 is 4.74 Å². The van der Waals surface area contributed by atoms with Crippen molar-refractivity contribution in [2.45, 2.75) is 32.0 Å². The van der Waals surface area contributed by atoms with Crippen LogP contribution in [0.25, 0.3) is 11.1 Å². The maximum atomic E-state index is 13.0. The maximum Gasteiger partial charge on any atom is 0.123 e.